The molecule has 0 aliphatic carbocycles. The van der Waals surface area contributed by atoms with Crippen molar-refractivity contribution in [1.29, 1.82) is 0 Å². The van der Waals surface area contributed by atoms with E-state index in [0.717, 1.165) is 12.8 Å². The number of halogens is 1. The van der Waals surface area contributed by atoms with Gasteiger partial charge in [0.2, 0.25) is 0 Å². The minimum atomic E-state index is -3.86. The summed E-state index contributed by atoms with van der Waals surface area (Å²) in [5, 5.41) is 0. The third-order valence-corrected chi connectivity index (χ3v) is 4.31. The maximum atomic E-state index is 11.8. The van der Waals surface area contributed by atoms with Crippen molar-refractivity contribution >= 4 is 25.7 Å². The summed E-state index contributed by atoms with van der Waals surface area (Å²) in [6, 6.07) is 4.33. The van der Waals surface area contributed by atoms with Gasteiger partial charge < -0.3 is 4.74 Å². The smallest absolute Gasteiger partial charge is 0.338 e. The zero-order valence-corrected chi connectivity index (χ0v) is 13.4. The van der Waals surface area contributed by atoms with Crippen LogP contribution in [0.2, 0.25) is 0 Å². The standard InChI is InChI=1S/C14H19ClO4S/c1-10(2)5-4-8-19-14(16)12-7-6-11(3)13(9-12)20(15,17)18/h6-7,9-10H,4-5,8H2,1-3H3. The van der Waals surface area contributed by atoms with Crippen molar-refractivity contribution < 1.29 is 17.9 Å². The summed E-state index contributed by atoms with van der Waals surface area (Å²) in [5.74, 6) is 0.0244. The fourth-order valence-electron chi connectivity index (χ4n) is 1.73. The lowest BCUT2D eigenvalue weighted by Gasteiger charge is -2.08. The number of benzene rings is 1. The highest BCUT2D eigenvalue weighted by Crippen LogP contribution is 2.21. The number of hydrogen-bond donors (Lipinski definition) is 0. The minimum absolute atomic E-state index is 0.0594. The van der Waals surface area contributed by atoms with Crippen LogP contribution in [0, 0.1) is 12.8 Å². The van der Waals surface area contributed by atoms with E-state index in [1.54, 1.807) is 13.0 Å². The van der Waals surface area contributed by atoms with E-state index < -0.39 is 15.0 Å². The molecular formula is C14H19ClO4S. The molecule has 20 heavy (non-hydrogen) atoms. The van der Waals surface area contributed by atoms with E-state index in [9.17, 15) is 13.2 Å². The average Bonchev–Trinajstić information content (AvgIpc) is 2.33. The number of esters is 1. The highest BCUT2D eigenvalue weighted by molar-refractivity contribution is 8.13. The molecule has 0 aromatic heterocycles. The molecular weight excluding hydrogens is 300 g/mol. The minimum Gasteiger partial charge on any atom is -0.462 e. The summed E-state index contributed by atoms with van der Waals surface area (Å²) in [7, 11) is 1.46. The van der Waals surface area contributed by atoms with Crippen LogP contribution in [0.25, 0.3) is 0 Å². The van der Waals surface area contributed by atoms with E-state index in [-0.39, 0.29) is 10.5 Å². The first kappa shape index (κ1) is 17.0. The monoisotopic (exact) mass is 318 g/mol. The van der Waals surface area contributed by atoms with Gasteiger partial charge in [0.05, 0.1) is 17.1 Å². The molecule has 0 spiro atoms. The second-order valence-electron chi connectivity index (χ2n) is 5.09. The lowest BCUT2D eigenvalue weighted by atomic mass is 10.1. The summed E-state index contributed by atoms with van der Waals surface area (Å²) in [6.45, 7) is 6.14. The van der Waals surface area contributed by atoms with Crippen molar-refractivity contribution in [2.75, 3.05) is 6.61 Å². The Kier molecular flexibility index (Phi) is 6.02. The van der Waals surface area contributed by atoms with Crippen molar-refractivity contribution in [1.82, 2.24) is 0 Å². The lowest BCUT2D eigenvalue weighted by molar-refractivity contribution is 0.0494. The first-order chi connectivity index (χ1) is 9.21. The lowest BCUT2D eigenvalue weighted by Crippen LogP contribution is -2.08. The van der Waals surface area contributed by atoms with E-state index in [1.807, 2.05) is 0 Å². The molecule has 0 aliphatic rings. The van der Waals surface area contributed by atoms with E-state index in [4.69, 9.17) is 15.4 Å². The summed E-state index contributed by atoms with van der Waals surface area (Å²) < 4.78 is 27.9. The van der Waals surface area contributed by atoms with Crippen molar-refractivity contribution in [3.05, 3.63) is 29.3 Å². The van der Waals surface area contributed by atoms with E-state index in [0.29, 0.717) is 18.1 Å². The van der Waals surface area contributed by atoms with Gasteiger partial charge >= 0.3 is 5.97 Å². The number of ether oxygens (including phenoxy) is 1. The third-order valence-electron chi connectivity index (χ3n) is 2.85. The van der Waals surface area contributed by atoms with E-state index in [1.165, 1.54) is 12.1 Å². The number of aryl methyl sites for hydroxylation is 1. The second-order valence-corrected chi connectivity index (χ2v) is 7.62. The number of rotatable bonds is 6. The first-order valence-corrected chi connectivity index (χ1v) is 8.75. The molecule has 4 nitrogen and oxygen atoms in total. The largest absolute Gasteiger partial charge is 0.462 e. The number of carbonyl (C=O) groups excluding carboxylic acids is 1. The molecule has 0 N–H and O–H groups in total. The molecule has 0 atom stereocenters. The normalized spacial score (nSPS) is 11.7. The SMILES string of the molecule is Cc1ccc(C(=O)OCCCC(C)C)cc1S(=O)(=O)Cl. The maximum absolute atomic E-state index is 11.8. The summed E-state index contributed by atoms with van der Waals surface area (Å²) >= 11 is 0. The highest BCUT2D eigenvalue weighted by atomic mass is 35.7. The van der Waals surface area contributed by atoms with Crippen LogP contribution in [0.1, 0.15) is 42.6 Å². The van der Waals surface area contributed by atoms with Crippen molar-refractivity contribution in [3.63, 3.8) is 0 Å². The van der Waals surface area contributed by atoms with Crippen LogP contribution in [0.5, 0.6) is 0 Å². The molecule has 0 fully saturated rings. The molecule has 0 bridgehead atoms. The molecule has 1 aromatic rings. The summed E-state index contributed by atoms with van der Waals surface area (Å²) in [4.78, 5) is 11.8. The molecule has 0 amide bonds. The van der Waals surface area contributed by atoms with Gasteiger partial charge in [0, 0.05) is 10.7 Å². The van der Waals surface area contributed by atoms with Crippen molar-refractivity contribution in [2.24, 2.45) is 5.92 Å². The van der Waals surface area contributed by atoms with Gasteiger partial charge in [-0.05, 0) is 43.4 Å². The van der Waals surface area contributed by atoms with Gasteiger partial charge in [-0.25, -0.2) is 13.2 Å². The molecule has 0 heterocycles. The van der Waals surface area contributed by atoms with Crippen LogP contribution >= 0.6 is 10.7 Å². The van der Waals surface area contributed by atoms with Gasteiger partial charge in [-0.2, -0.15) is 0 Å². The highest BCUT2D eigenvalue weighted by Gasteiger charge is 2.17. The third kappa shape index (κ3) is 5.13. The predicted molar refractivity (Wildman–Crippen MR) is 78.6 cm³/mol. The molecule has 1 rings (SSSR count). The van der Waals surface area contributed by atoms with E-state index in [2.05, 4.69) is 13.8 Å². The summed E-state index contributed by atoms with van der Waals surface area (Å²) in [6.07, 6.45) is 1.76. The zero-order chi connectivity index (χ0) is 15.3. The van der Waals surface area contributed by atoms with E-state index >= 15 is 0 Å². The average molecular weight is 319 g/mol. The first-order valence-electron chi connectivity index (χ1n) is 6.44. The molecule has 0 saturated heterocycles. The van der Waals surface area contributed by atoms with Gasteiger partial charge in [-0.3, -0.25) is 0 Å². The van der Waals surface area contributed by atoms with Crippen LogP contribution in [0.3, 0.4) is 0 Å². The van der Waals surface area contributed by atoms with Crippen LogP contribution in [0.4, 0.5) is 0 Å². The maximum Gasteiger partial charge on any atom is 0.338 e. The Labute approximate surface area is 124 Å². The Bertz CT molecular complexity index is 579. The van der Waals surface area contributed by atoms with Crippen LogP contribution in [-0.2, 0) is 13.8 Å². The quantitative estimate of drug-likeness (QED) is 0.457. The number of hydrogen-bond acceptors (Lipinski definition) is 4. The summed E-state index contributed by atoms with van der Waals surface area (Å²) in [5.41, 5.74) is 0.690. The topological polar surface area (TPSA) is 60.4 Å². The molecule has 0 radical (unpaired) electrons. The van der Waals surface area contributed by atoms with Crippen molar-refractivity contribution in [3.8, 4) is 0 Å². The second kappa shape index (κ2) is 7.09. The fraction of sp³-hybridized carbons (Fsp3) is 0.500. The van der Waals surface area contributed by atoms with Crippen LogP contribution < -0.4 is 0 Å². The Morgan fingerprint density at radius 2 is 2.00 bits per heavy atom. The molecule has 0 unspecified atom stereocenters. The van der Waals surface area contributed by atoms with Gasteiger partial charge in [-0.15, -0.1) is 0 Å². The predicted octanol–water partition coefficient (Wildman–Crippen LogP) is 3.52. The van der Waals surface area contributed by atoms with Gasteiger partial charge in [0.15, 0.2) is 0 Å². The fourth-order valence-corrected chi connectivity index (χ4v) is 2.95. The van der Waals surface area contributed by atoms with Gasteiger partial charge in [-0.1, -0.05) is 19.9 Å². The Morgan fingerprint density at radius 1 is 1.35 bits per heavy atom. The Balaban J connectivity index is 2.75. The molecule has 0 aliphatic heterocycles. The van der Waals surface area contributed by atoms with Crippen LogP contribution in [-0.4, -0.2) is 21.0 Å². The molecule has 112 valence electrons. The Morgan fingerprint density at radius 3 is 2.55 bits per heavy atom. The van der Waals surface area contributed by atoms with Crippen molar-refractivity contribution in [2.45, 2.75) is 38.5 Å². The zero-order valence-electron chi connectivity index (χ0n) is 11.8. The number of carbonyl (C=O) groups is 1. The molecule has 6 heteroatoms. The Hall–Kier alpha value is -1.07. The van der Waals surface area contributed by atoms with Gasteiger partial charge in [0.1, 0.15) is 0 Å². The van der Waals surface area contributed by atoms with Crippen LogP contribution in [0.15, 0.2) is 23.1 Å². The molecule has 0 saturated carbocycles. The molecule has 1 aromatic carbocycles. The van der Waals surface area contributed by atoms with Gasteiger partial charge in [0.25, 0.3) is 9.05 Å².